The van der Waals surface area contributed by atoms with Crippen LogP contribution in [-0.2, 0) is 19.6 Å². The lowest BCUT2D eigenvalue weighted by Gasteiger charge is -2.12. The van der Waals surface area contributed by atoms with Gasteiger partial charge in [-0.2, -0.15) is 0 Å². The van der Waals surface area contributed by atoms with Gasteiger partial charge >= 0.3 is 11.9 Å². The molecule has 0 fully saturated rings. The number of carboxylic acid groups (broad SMARTS) is 1. The van der Waals surface area contributed by atoms with E-state index in [0.29, 0.717) is 4.47 Å². The molecule has 0 saturated heterocycles. The van der Waals surface area contributed by atoms with Crippen LogP contribution >= 0.6 is 31.9 Å². The highest BCUT2D eigenvalue weighted by molar-refractivity contribution is 9.11. The number of esters is 1. The second-order valence-electron chi connectivity index (χ2n) is 3.55. The van der Waals surface area contributed by atoms with Gasteiger partial charge in [0, 0.05) is 8.95 Å². The number of nitrogens with one attached hydrogen (secondary N) is 1. The lowest BCUT2D eigenvalue weighted by Crippen LogP contribution is -2.24. The minimum atomic E-state index is -4.07. The number of halogens is 2. The van der Waals surface area contributed by atoms with E-state index >= 15 is 0 Å². The molecule has 0 atom stereocenters. The highest BCUT2D eigenvalue weighted by Gasteiger charge is 2.22. The van der Waals surface area contributed by atoms with Crippen LogP contribution in [0.3, 0.4) is 0 Å². The van der Waals surface area contributed by atoms with Crippen molar-refractivity contribution in [2.75, 3.05) is 17.6 Å². The average molecular weight is 431 g/mol. The second-order valence-corrected chi connectivity index (χ2v) is 7.04. The smallest absolute Gasteiger partial charge is 0.337 e. The predicted molar refractivity (Wildman–Crippen MR) is 78.2 cm³/mol. The van der Waals surface area contributed by atoms with Crippen LogP contribution in [0.1, 0.15) is 10.4 Å². The quantitative estimate of drug-likeness (QED) is 0.689. The molecule has 0 amide bonds. The van der Waals surface area contributed by atoms with E-state index in [2.05, 4.69) is 41.3 Å². The third-order valence-corrected chi connectivity index (χ3v) is 4.29. The van der Waals surface area contributed by atoms with Gasteiger partial charge in [-0.3, -0.25) is 9.52 Å². The van der Waals surface area contributed by atoms with Crippen molar-refractivity contribution in [2.24, 2.45) is 0 Å². The molecule has 2 N–H and O–H groups in total. The van der Waals surface area contributed by atoms with Crippen molar-refractivity contribution in [1.29, 1.82) is 0 Å². The van der Waals surface area contributed by atoms with Gasteiger partial charge in [-0.25, -0.2) is 13.2 Å². The normalized spacial score (nSPS) is 10.9. The summed E-state index contributed by atoms with van der Waals surface area (Å²) in [6, 6.07) is 2.71. The first-order chi connectivity index (χ1) is 9.16. The van der Waals surface area contributed by atoms with E-state index in [9.17, 15) is 18.0 Å². The molecule has 20 heavy (non-hydrogen) atoms. The van der Waals surface area contributed by atoms with Crippen LogP contribution in [-0.4, -0.2) is 38.3 Å². The number of ether oxygens (including phenoxy) is 1. The molecule has 1 aromatic rings. The van der Waals surface area contributed by atoms with E-state index in [0.717, 1.165) is 7.11 Å². The number of methoxy groups -OCH3 is 1. The second kappa shape index (κ2) is 6.55. The number of aromatic carboxylic acids is 1. The molecule has 0 aliphatic rings. The number of benzene rings is 1. The van der Waals surface area contributed by atoms with Gasteiger partial charge < -0.3 is 9.84 Å². The lowest BCUT2D eigenvalue weighted by molar-refractivity contribution is -0.137. The van der Waals surface area contributed by atoms with Crippen LogP contribution in [0.4, 0.5) is 5.69 Å². The van der Waals surface area contributed by atoms with Crippen molar-refractivity contribution in [3.63, 3.8) is 0 Å². The summed E-state index contributed by atoms with van der Waals surface area (Å²) < 4.78 is 30.5. The molecule has 0 aliphatic carbocycles. The van der Waals surface area contributed by atoms with Gasteiger partial charge in [0.15, 0.2) is 5.75 Å². The van der Waals surface area contributed by atoms with Gasteiger partial charge in [-0.15, -0.1) is 0 Å². The van der Waals surface area contributed by atoms with Crippen LogP contribution < -0.4 is 4.72 Å². The Hall–Kier alpha value is -1.13. The highest BCUT2D eigenvalue weighted by atomic mass is 79.9. The molecule has 1 aromatic carbocycles. The van der Waals surface area contributed by atoms with Gasteiger partial charge in [0.05, 0.1) is 18.4 Å². The van der Waals surface area contributed by atoms with Gasteiger partial charge in [0.25, 0.3) is 0 Å². The van der Waals surface area contributed by atoms with E-state index in [1.807, 2.05) is 0 Å². The summed E-state index contributed by atoms with van der Waals surface area (Å²) in [6.07, 6.45) is 0. The van der Waals surface area contributed by atoms with Gasteiger partial charge in [0.2, 0.25) is 10.0 Å². The zero-order valence-electron chi connectivity index (χ0n) is 10.0. The van der Waals surface area contributed by atoms with Crippen LogP contribution in [0.5, 0.6) is 0 Å². The minimum Gasteiger partial charge on any atom is -0.478 e. The summed E-state index contributed by atoms with van der Waals surface area (Å²) in [4.78, 5) is 22.1. The first-order valence-corrected chi connectivity index (χ1v) is 8.19. The molecule has 7 nitrogen and oxygen atoms in total. The van der Waals surface area contributed by atoms with Crippen LogP contribution in [0.2, 0.25) is 0 Å². The van der Waals surface area contributed by atoms with Crippen molar-refractivity contribution in [3.8, 4) is 0 Å². The zero-order valence-corrected chi connectivity index (χ0v) is 14.0. The maximum absolute atomic E-state index is 11.7. The number of carboxylic acids is 1. The molecule has 0 aliphatic heterocycles. The Morgan fingerprint density at radius 3 is 2.45 bits per heavy atom. The van der Waals surface area contributed by atoms with Crippen molar-refractivity contribution in [3.05, 3.63) is 26.6 Å². The number of hydrogen-bond donors (Lipinski definition) is 2. The van der Waals surface area contributed by atoms with Crippen LogP contribution in [0, 0.1) is 0 Å². The average Bonchev–Trinajstić information content (AvgIpc) is 2.31. The van der Waals surface area contributed by atoms with E-state index in [-0.39, 0.29) is 15.7 Å². The molecule has 0 aromatic heterocycles. The number of rotatable bonds is 5. The molecule has 0 bridgehead atoms. The monoisotopic (exact) mass is 429 g/mol. The van der Waals surface area contributed by atoms with Crippen LogP contribution in [0.25, 0.3) is 0 Å². The van der Waals surface area contributed by atoms with Gasteiger partial charge in [-0.05, 0) is 28.1 Å². The summed E-state index contributed by atoms with van der Waals surface area (Å²) in [5.41, 5.74) is -0.427. The maximum Gasteiger partial charge on any atom is 0.337 e. The number of carbonyl (C=O) groups excluding carboxylic acids is 1. The fourth-order valence-corrected chi connectivity index (χ4v) is 3.74. The summed E-state index contributed by atoms with van der Waals surface area (Å²) >= 11 is 6.17. The van der Waals surface area contributed by atoms with Crippen LogP contribution in [0.15, 0.2) is 21.1 Å². The van der Waals surface area contributed by atoms with E-state index < -0.39 is 27.7 Å². The largest absolute Gasteiger partial charge is 0.478 e. The number of sulfonamides is 1. The fraction of sp³-hybridized carbons (Fsp3) is 0.200. The summed E-state index contributed by atoms with van der Waals surface area (Å²) in [6.45, 7) is 0. The Morgan fingerprint density at radius 2 is 1.95 bits per heavy atom. The van der Waals surface area contributed by atoms with Gasteiger partial charge in [0.1, 0.15) is 0 Å². The van der Waals surface area contributed by atoms with Crippen molar-refractivity contribution < 1.29 is 27.9 Å². The minimum absolute atomic E-state index is 0.162. The third kappa shape index (κ3) is 4.46. The number of anilines is 1. The third-order valence-electron chi connectivity index (χ3n) is 2.08. The van der Waals surface area contributed by atoms with Crippen molar-refractivity contribution in [1.82, 2.24) is 0 Å². The van der Waals surface area contributed by atoms with Crippen molar-refractivity contribution >= 4 is 59.5 Å². The summed E-state index contributed by atoms with van der Waals surface area (Å²) in [5.74, 6) is -3.18. The molecule has 0 radical (unpaired) electrons. The fourth-order valence-electron chi connectivity index (χ4n) is 1.25. The molecule has 0 unspecified atom stereocenters. The topological polar surface area (TPSA) is 110 Å². The Kier molecular flexibility index (Phi) is 5.54. The standard InChI is InChI=1S/C10H9Br2NO6S/c1-19-8(14)4-20(17,18)13-9-6(10(15)16)2-5(11)3-7(9)12/h2-3,13H,4H2,1H3,(H,15,16). The SMILES string of the molecule is COC(=O)CS(=O)(=O)Nc1c(Br)cc(Br)cc1C(=O)O. The maximum atomic E-state index is 11.7. The molecule has 110 valence electrons. The molecule has 0 saturated carbocycles. The molecule has 10 heteroatoms. The Morgan fingerprint density at radius 1 is 1.35 bits per heavy atom. The Labute approximate surface area is 131 Å². The summed E-state index contributed by atoms with van der Waals surface area (Å²) in [7, 11) is -3.02. The number of carbonyl (C=O) groups is 2. The van der Waals surface area contributed by atoms with E-state index in [1.54, 1.807) is 0 Å². The molecule has 0 heterocycles. The Bertz CT molecular complexity index is 658. The Balaban J connectivity index is 3.21. The molecular formula is C10H9Br2NO6S. The van der Waals surface area contributed by atoms with E-state index in [1.165, 1.54) is 12.1 Å². The van der Waals surface area contributed by atoms with Crippen molar-refractivity contribution in [2.45, 2.75) is 0 Å². The highest BCUT2D eigenvalue weighted by Crippen LogP contribution is 2.31. The molecular weight excluding hydrogens is 422 g/mol. The van der Waals surface area contributed by atoms with Gasteiger partial charge in [-0.1, -0.05) is 15.9 Å². The lowest BCUT2D eigenvalue weighted by atomic mass is 10.2. The molecule has 1 rings (SSSR count). The first-order valence-electron chi connectivity index (χ1n) is 4.96. The first kappa shape index (κ1) is 16.9. The number of hydrogen-bond acceptors (Lipinski definition) is 5. The summed E-state index contributed by atoms with van der Waals surface area (Å²) in [5, 5.41) is 9.07. The molecule has 0 spiro atoms. The van der Waals surface area contributed by atoms with E-state index in [4.69, 9.17) is 5.11 Å². The predicted octanol–water partition coefficient (Wildman–Crippen LogP) is 1.82. The zero-order chi connectivity index (χ0) is 15.5.